The van der Waals surface area contributed by atoms with Gasteiger partial charge in [-0.2, -0.15) is 0 Å². The highest BCUT2D eigenvalue weighted by Gasteiger charge is 2.00. The van der Waals surface area contributed by atoms with E-state index >= 15 is 0 Å². The average molecular weight is 162 g/mol. The zero-order chi connectivity index (χ0) is 8.15. The Hall–Kier alpha value is -0.480. The van der Waals surface area contributed by atoms with E-state index in [2.05, 4.69) is 0 Å². The number of aliphatic carboxylic acids is 1. The Bertz CT molecular complexity index is 151. The van der Waals surface area contributed by atoms with Gasteiger partial charge >= 0.3 is 5.97 Å². The van der Waals surface area contributed by atoms with Crippen molar-refractivity contribution in [2.75, 3.05) is 12.0 Å². The van der Waals surface area contributed by atoms with Crippen molar-refractivity contribution in [1.29, 1.82) is 0 Å². The first-order chi connectivity index (χ1) is 4.54. The van der Waals surface area contributed by atoms with Gasteiger partial charge in [-0.15, -0.1) is 0 Å². The van der Waals surface area contributed by atoms with E-state index in [4.69, 9.17) is 5.11 Å². The van der Waals surface area contributed by atoms with Crippen LogP contribution < -0.4 is 0 Å². The number of carboxylic acids is 1. The molecule has 0 fully saturated rings. The molecule has 58 valence electrons. The van der Waals surface area contributed by atoms with E-state index in [9.17, 15) is 9.35 Å². The van der Waals surface area contributed by atoms with Gasteiger partial charge in [-0.3, -0.25) is 0 Å². The molecule has 0 radical (unpaired) electrons. The fourth-order valence-electron chi connectivity index (χ4n) is 0.330. The summed E-state index contributed by atoms with van der Waals surface area (Å²) in [4.78, 5) is 10.1. The zero-order valence-corrected chi connectivity index (χ0v) is 6.77. The van der Waals surface area contributed by atoms with Gasteiger partial charge in [0.15, 0.2) is 0 Å². The molecule has 0 aromatic rings. The zero-order valence-electron chi connectivity index (χ0n) is 5.96. The molecule has 0 aliphatic rings. The molecule has 1 N–H and O–H groups in total. The van der Waals surface area contributed by atoms with Crippen LogP contribution in [0.25, 0.3) is 0 Å². The van der Waals surface area contributed by atoms with Gasteiger partial charge in [-0.1, -0.05) is 11.2 Å². The summed E-state index contributed by atoms with van der Waals surface area (Å²) in [6.07, 6.45) is 2.99. The maximum Gasteiger partial charge on any atom is 0.331 e. The van der Waals surface area contributed by atoms with E-state index in [1.807, 2.05) is 0 Å². The van der Waals surface area contributed by atoms with Crippen LogP contribution >= 0.6 is 0 Å². The largest absolute Gasteiger partial charge is 0.616 e. The monoisotopic (exact) mass is 162 g/mol. The number of carboxylic acid groups (broad SMARTS) is 1. The van der Waals surface area contributed by atoms with Gasteiger partial charge in [0.05, 0.1) is 6.26 Å². The molecule has 0 saturated heterocycles. The summed E-state index contributed by atoms with van der Waals surface area (Å²) in [7, 11) is 0. The fourth-order valence-corrected chi connectivity index (χ4v) is 0.814. The van der Waals surface area contributed by atoms with Crippen LogP contribution in [0, 0.1) is 0 Å². The molecule has 4 heteroatoms. The third-order valence-corrected chi connectivity index (χ3v) is 1.60. The Kier molecular flexibility index (Phi) is 4.14. The first kappa shape index (κ1) is 9.52. The maximum absolute atomic E-state index is 10.4. The second-order valence-electron chi connectivity index (χ2n) is 1.93. The molecule has 0 saturated carbocycles. The lowest BCUT2D eigenvalue weighted by molar-refractivity contribution is -0.132. The van der Waals surface area contributed by atoms with Crippen molar-refractivity contribution in [3.63, 3.8) is 0 Å². The minimum absolute atomic E-state index is 0.246. The summed E-state index contributed by atoms with van der Waals surface area (Å²) >= 11 is -0.942. The van der Waals surface area contributed by atoms with Crippen molar-refractivity contribution in [2.45, 2.75) is 6.92 Å². The molecule has 1 atom stereocenters. The molecule has 0 spiro atoms. The molecule has 0 heterocycles. The second-order valence-corrected chi connectivity index (χ2v) is 3.41. The third-order valence-electron chi connectivity index (χ3n) is 0.962. The highest BCUT2D eigenvalue weighted by molar-refractivity contribution is 7.90. The smallest absolute Gasteiger partial charge is 0.331 e. The van der Waals surface area contributed by atoms with Crippen LogP contribution in [0.3, 0.4) is 0 Å². The first-order valence-electron chi connectivity index (χ1n) is 2.74. The van der Waals surface area contributed by atoms with Crippen molar-refractivity contribution < 1.29 is 14.5 Å². The molecule has 0 rings (SSSR count). The summed E-state index contributed by atoms with van der Waals surface area (Å²) in [5.74, 6) is -0.636. The molecule has 1 unspecified atom stereocenters. The van der Waals surface area contributed by atoms with E-state index in [0.717, 1.165) is 0 Å². The topological polar surface area (TPSA) is 60.4 Å². The molecule has 10 heavy (non-hydrogen) atoms. The lowest BCUT2D eigenvalue weighted by atomic mass is 10.3. The van der Waals surface area contributed by atoms with E-state index in [0.29, 0.717) is 5.75 Å². The van der Waals surface area contributed by atoms with Crippen molar-refractivity contribution in [1.82, 2.24) is 0 Å². The average Bonchev–Trinajstić information content (AvgIpc) is 1.82. The van der Waals surface area contributed by atoms with Crippen molar-refractivity contribution >= 4 is 17.1 Å². The Morgan fingerprint density at radius 3 is 2.60 bits per heavy atom. The molecule has 3 nitrogen and oxygen atoms in total. The van der Waals surface area contributed by atoms with Crippen LogP contribution in [0.2, 0.25) is 0 Å². The van der Waals surface area contributed by atoms with E-state index in [1.165, 1.54) is 19.3 Å². The van der Waals surface area contributed by atoms with Crippen molar-refractivity contribution in [3.05, 3.63) is 11.6 Å². The lowest BCUT2D eigenvalue weighted by Crippen LogP contribution is -2.03. The van der Waals surface area contributed by atoms with Crippen LogP contribution in [-0.4, -0.2) is 27.6 Å². The summed E-state index contributed by atoms with van der Waals surface area (Å²) in [5, 5.41) is 8.33. The van der Waals surface area contributed by atoms with Gasteiger partial charge in [0, 0.05) is 5.57 Å². The van der Waals surface area contributed by atoms with Gasteiger partial charge < -0.3 is 9.66 Å². The van der Waals surface area contributed by atoms with Crippen molar-refractivity contribution in [3.8, 4) is 0 Å². The predicted molar refractivity (Wildman–Crippen MR) is 40.3 cm³/mol. The quantitative estimate of drug-likeness (QED) is 0.482. The number of hydrogen-bond donors (Lipinski definition) is 1. The van der Waals surface area contributed by atoms with Crippen LogP contribution in [-0.2, 0) is 16.0 Å². The first-order valence-corrected chi connectivity index (χ1v) is 4.47. The standard InChI is InChI=1S/C6H10O3S/c1-5(6(7)8)3-4-10(2)9/h3H,4H2,1-2H3,(H,7,8). The number of hydrogen-bond acceptors (Lipinski definition) is 2. The summed E-state index contributed by atoms with van der Waals surface area (Å²) in [6.45, 7) is 1.48. The van der Waals surface area contributed by atoms with Crippen molar-refractivity contribution in [2.24, 2.45) is 0 Å². The molecule has 0 aromatic heterocycles. The second kappa shape index (κ2) is 4.35. The molecule has 0 aromatic carbocycles. The Balaban J connectivity index is 3.81. The van der Waals surface area contributed by atoms with Crippen LogP contribution in [0.5, 0.6) is 0 Å². The maximum atomic E-state index is 10.4. The summed E-state index contributed by atoms with van der Waals surface area (Å²) in [6, 6.07) is 0. The molecule has 0 aliphatic heterocycles. The number of carbonyl (C=O) groups is 1. The summed E-state index contributed by atoms with van der Waals surface area (Å²) in [5.41, 5.74) is 0.246. The van der Waals surface area contributed by atoms with Gasteiger partial charge in [-0.05, 0) is 13.0 Å². The van der Waals surface area contributed by atoms with Gasteiger partial charge in [0.1, 0.15) is 5.75 Å². The van der Waals surface area contributed by atoms with E-state index in [1.54, 1.807) is 0 Å². The SMILES string of the molecule is CC(=CC[S+](C)[O-])C(=O)O. The highest BCUT2D eigenvalue weighted by Crippen LogP contribution is 1.93. The molecular formula is C6H10O3S. The van der Waals surface area contributed by atoms with E-state index in [-0.39, 0.29) is 5.57 Å². The Morgan fingerprint density at radius 1 is 1.80 bits per heavy atom. The van der Waals surface area contributed by atoms with Gasteiger partial charge in [0.25, 0.3) is 0 Å². The minimum atomic E-state index is -0.953. The highest BCUT2D eigenvalue weighted by atomic mass is 32.2. The molecular weight excluding hydrogens is 152 g/mol. The Morgan fingerprint density at radius 2 is 2.30 bits per heavy atom. The minimum Gasteiger partial charge on any atom is -0.616 e. The van der Waals surface area contributed by atoms with Crippen LogP contribution in [0.4, 0.5) is 0 Å². The predicted octanol–water partition coefficient (Wildman–Crippen LogP) is 0.396. The van der Waals surface area contributed by atoms with Crippen LogP contribution in [0.1, 0.15) is 6.92 Å². The lowest BCUT2D eigenvalue weighted by Gasteiger charge is -1.99. The Labute approximate surface area is 62.9 Å². The van der Waals surface area contributed by atoms with Crippen LogP contribution in [0.15, 0.2) is 11.6 Å². The fraction of sp³-hybridized carbons (Fsp3) is 0.500. The molecule has 0 aliphatic carbocycles. The summed E-state index contributed by atoms with van der Waals surface area (Å²) < 4.78 is 10.4. The molecule has 0 bridgehead atoms. The van der Waals surface area contributed by atoms with E-state index < -0.39 is 17.1 Å². The normalized spacial score (nSPS) is 14.9. The number of rotatable bonds is 3. The molecule has 0 amide bonds. The third kappa shape index (κ3) is 4.40. The van der Waals surface area contributed by atoms with Gasteiger partial charge in [0.2, 0.25) is 0 Å². The van der Waals surface area contributed by atoms with Gasteiger partial charge in [-0.25, -0.2) is 4.79 Å².